The molecule has 3 rings (SSSR count). The second-order valence-electron chi connectivity index (χ2n) is 6.59. The lowest BCUT2D eigenvalue weighted by molar-refractivity contribution is -0.115. The molecule has 1 aromatic heterocycles. The fourth-order valence-electron chi connectivity index (χ4n) is 2.96. The van der Waals surface area contributed by atoms with E-state index in [-0.39, 0.29) is 29.2 Å². The van der Waals surface area contributed by atoms with E-state index in [4.69, 9.17) is 9.47 Å². The van der Waals surface area contributed by atoms with Crippen LogP contribution in [0.1, 0.15) is 20.9 Å². The molecule has 0 atom stereocenters. The van der Waals surface area contributed by atoms with Crippen LogP contribution in [0.3, 0.4) is 0 Å². The van der Waals surface area contributed by atoms with Gasteiger partial charge in [0, 0.05) is 23.1 Å². The molecule has 168 valence electrons. The molecular weight excluding hydrogens is 442 g/mol. The average Bonchev–Trinajstić information content (AvgIpc) is 3.19. The average molecular weight is 462 g/mol. The minimum absolute atomic E-state index is 0.00590. The minimum atomic E-state index is -3.11. The number of thiazole rings is 1. The molecule has 3 aromatic rings. The number of halogens is 2. The van der Waals surface area contributed by atoms with Crippen LogP contribution in [0.15, 0.2) is 41.8 Å². The molecule has 0 aliphatic carbocycles. The Morgan fingerprint density at radius 2 is 1.84 bits per heavy atom. The van der Waals surface area contributed by atoms with Crippen LogP contribution >= 0.6 is 11.3 Å². The van der Waals surface area contributed by atoms with Crippen molar-refractivity contribution in [2.45, 2.75) is 20.0 Å². The molecule has 1 heterocycles. The number of aromatic nitrogens is 1. The Hall–Kier alpha value is -3.53. The van der Waals surface area contributed by atoms with E-state index in [0.717, 1.165) is 35.0 Å². The van der Waals surface area contributed by atoms with Gasteiger partial charge in [-0.3, -0.25) is 4.79 Å². The fourth-order valence-corrected chi connectivity index (χ4v) is 3.58. The van der Waals surface area contributed by atoms with E-state index >= 15 is 0 Å². The van der Waals surface area contributed by atoms with Gasteiger partial charge >= 0.3 is 12.6 Å². The number of rotatable bonds is 8. The fraction of sp³-hybridized carbons (Fsp3) is 0.227. The molecule has 0 spiro atoms. The first kappa shape index (κ1) is 23.1. The minimum Gasteiger partial charge on any atom is -0.493 e. The topological polar surface area (TPSA) is 86.8 Å². The summed E-state index contributed by atoms with van der Waals surface area (Å²) in [5.74, 6) is -1.66. The maximum Gasteiger partial charge on any atom is 0.387 e. The molecule has 10 heteroatoms. The molecule has 0 aliphatic rings. The van der Waals surface area contributed by atoms with Crippen molar-refractivity contribution in [3.05, 3.63) is 57.9 Å². The highest BCUT2D eigenvalue weighted by molar-refractivity contribution is 7.09. The van der Waals surface area contributed by atoms with Crippen molar-refractivity contribution in [3.63, 3.8) is 0 Å². The van der Waals surface area contributed by atoms with Gasteiger partial charge in [0.05, 0.1) is 42.6 Å². The van der Waals surface area contributed by atoms with Crippen LogP contribution in [0, 0.1) is 6.92 Å². The van der Waals surface area contributed by atoms with Crippen molar-refractivity contribution < 1.29 is 32.6 Å². The Balaban J connectivity index is 1.80. The molecule has 1 amide bonds. The van der Waals surface area contributed by atoms with Crippen molar-refractivity contribution in [2.24, 2.45) is 0 Å². The standard InChI is InChI=1S/C22H20F2N2O5S/c1-12-25-17(11-32-12)14-6-4-13(5-7-14)8-20(27)26-16-10-19(31-22(23)24)18(29-2)9-15(16)21(28)30-3/h4-7,9-11,22H,8H2,1-3H3,(H,26,27). The van der Waals surface area contributed by atoms with Crippen LogP contribution in [-0.4, -0.2) is 37.7 Å². The van der Waals surface area contributed by atoms with E-state index in [1.807, 2.05) is 24.4 Å². The number of nitrogens with zero attached hydrogens (tertiary/aromatic N) is 1. The molecular formula is C22H20F2N2O5S. The van der Waals surface area contributed by atoms with Crippen molar-refractivity contribution in [1.82, 2.24) is 4.98 Å². The maximum atomic E-state index is 12.7. The number of ether oxygens (including phenoxy) is 3. The normalized spacial score (nSPS) is 10.7. The summed E-state index contributed by atoms with van der Waals surface area (Å²) >= 11 is 1.55. The van der Waals surface area contributed by atoms with Crippen LogP contribution in [0.25, 0.3) is 11.3 Å². The highest BCUT2D eigenvalue weighted by Gasteiger charge is 2.21. The summed E-state index contributed by atoms with van der Waals surface area (Å²) in [6.45, 7) is -1.19. The summed E-state index contributed by atoms with van der Waals surface area (Å²) in [5.41, 5.74) is 2.41. The molecule has 0 saturated heterocycles. The highest BCUT2D eigenvalue weighted by Crippen LogP contribution is 2.35. The van der Waals surface area contributed by atoms with Gasteiger partial charge < -0.3 is 19.5 Å². The van der Waals surface area contributed by atoms with Gasteiger partial charge in [0.25, 0.3) is 0 Å². The number of carbonyl (C=O) groups excluding carboxylic acids is 2. The van der Waals surface area contributed by atoms with Gasteiger partial charge in [-0.2, -0.15) is 8.78 Å². The van der Waals surface area contributed by atoms with Gasteiger partial charge in [-0.25, -0.2) is 9.78 Å². The van der Waals surface area contributed by atoms with E-state index in [2.05, 4.69) is 15.0 Å². The first-order valence-electron chi connectivity index (χ1n) is 9.37. The van der Waals surface area contributed by atoms with E-state index in [0.29, 0.717) is 0 Å². The summed E-state index contributed by atoms with van der Waals surface area (Å²) in [5, 5.41) is 5.47. The third kappa shape index (κ3) is 5.58. The molecule has 0 bridgehead atoms. The number of benzene rings is 2. The molecule has 32 heavy (non-hydrogen) atoms. The first-order chi connectivity index (χ1) is 15.3. The Bertz CT molecular complexity index is 1120. The molecule has 0 saturated carbocycles. The van der Waals surface area contributed by atoms with Crippen LogP contribution in [0.2, 0.25) is 0 Å². The zero-order valence-corrected chi connectivity index (χ0v) is 18.3. The van der Waals surface area contributed by atoms with Gasteiger partial charge in [-0.05, 0) is 12.5 Å². The summed E-state index contributed by atoms with van der Waals surface area (Å²) in [6, 6.07) is 9.58. The summed E-state index contributed by atoms with van der Waals surface area (Å²) in [7, 11) is 2.40. The lowest BCUT2D eigenvalue weighted by Gasteiger charge is -2.15. The number of amides is 1. The van der Waals surface area contributed by atoms with Gasteiger partial charge in [0.1, 0.15) is 0 Å². The largest absolute Gasteiger partial charge is 0.493 e. The van der Waals surface area contributed by atoms with Crippen molar-refractivity contribution >= 4 is 28.9 Å². The van der Waals surface area contributed by atoms with Gasteiger partial charge in [-0.15, -0.1) is 11.3 Å². The van der Waals surface area contributed by atoms with Crippen LogP contribution < -0.4 is 14.8 Å². The summed E-state index contributed by atoms with van der Waals surface area (Å²) < 4.78 is 39.6. The van der Waals surface area contributed by atoms with Gasteiger partial charge in [0.15, 0.2) is 11.5 Å². The zero-order chi connectivity index (χ0) is 23.3. The van der Waals surface area contributed by atoms with Crippen molar-refractivity contribution in [2.75, 3.05) is 19.5 Å². The lowest BCUT2D eigenvalue weighted by atomic mass is 10.1. The smallest absolute Gasteiger partial charge is 0.387 e. The monoisotopic (exact) mass is 462 g/mol. The molecule has 0 fully saturated rings. The van der Waals surface area contributed by atoms with E-state index in [1.54, 1.807) is 23.5 Å². The van der Waals surface area contributed by atoms with Crippen LogP contribution in [0.4, 0.5) is 14.5 Å². The van der Waals surface area contributed by atoms with E-state index in [1.165, 1.54) is 13.2 Å². The predicted molar refractivity (Wildman–Crippen MR) is 116 cm³/mol. The number of anilines is 1. The third-order valence-corrected chi connectivity index (χ3v) is 5.21. The molecule has 0 aliphatic heterocycles. The Morgan fingerprint density at radius 1 is 1.12 bits per heavy atom. The zero-order valence-electron chi connectivity index (χ0n) is 17.5. The number of hydrogen-bond donors (Lipinski definition) is 1. The summed E-state index contributed by atoms with van der Waals surface area (Å²) in [4.78, 5) is 29.1. The third-order valence-electron chi connectivity index (χ3n) is 4.43. The van der Waals surface area contributed by atoms with Crippen LogP contribution in [-0.2, 0) is 16.0 Å². The van der Waals surface area contributed by atoms with Crippen LogP contribution in [0.5, 0.6) is 11.5 Å². The Labute approximate surface area is 187 Å². The number of hydrogen-bond acceptors (Lipinski definition) is 7. The second-order valence-corrected chi connectivity index (χ2v) is 7.65. The Morgan fingerprint density at radius 3 is 2.41 bits per heavy atom. The molecule has 7 nitrogen and oxygen atoms in total. The van der Waals surface area contributed by atoms with E-state index < -0.39 is 18.5 Å². The Kier molecular flexibility index (Phi) is 7.37. The lowest BCUT2D eigenvalue weighted by Crippen LogP contribution is -2.18. The van der Waals surface area contributed by atoms with Crippen molar-refractivity contribution in [3.8, 4) is 22.8 Å². The number of aryl methyl sites for hydroxylation is 1. The number of alkyl halides is 2. The number of nitrogens with one attached hydrogen (secondary N) is 1. The summed E-state index contributed by atoms with van der Waals surface area (Å²) in [6.07, 6.45) is -0.00590. The molecule has 2 aromatic carbocycles. The highest BCUT2D eigenvalue weighted by atomic mass is 32.1. The first-order valence-corrected chi connectivity index (χ1v) is 10.2. The number of methoxy groups -OCH3 is 2. The second kappa shape index (κ2) is 10.2. The predicted octanol–water partition coefficient (Wildman–Crippen LogP) is 4.70. The quantitative estimate of drug-likeness (QED) is 0.489. The van der Waals surface area contributed by atoms with Gasteiger partial charge in [0.2, 0.25) is 5.91 Å². The molecule has 0 radical (unpaired) electrons. The SMILES string of the molecule is COC(=O)c1cc(OC)c(OC(F)F)cc1NC(=O)Cc1ccc(-c2csc(C)n2)cc1. The maximum absolute atomic E-state index is 12.7. The van der Waals surface area contributed by atoms with Gasteiger partial charge in [-0.1, -0.05) is 24.3 Å². The van der Waals surface area contributed by atoms with Crippen molar-refractivity contribution in [1.29, 1.82) is 0 Å². The number of carbonyl (C=O) groups is 2. The molecule has 1 N–H and O–H groups in total. The van der Waals surface area contributed by atoms with E-state index in [9.17, 15) is 18.4 Å². The number of esters is 1. The molecule has 0 unspecified atom stereocenters.